The first-order valence-electron chi connectivity index (χ1n) is 7.02. The number of carbonyl (C=O) groups excluding carboxylic acids is 1. The Hall–Kier alpha value is -1.55. The van der Waals surface area contributed by atoms with Crippen molar-refractivity contribution in [2.45, 2.75) is 18.9 Å². The summed E-state index contributed by atoms with van der Waals surface area (Å²) >= 11 is 0. The van der Waals surface area contributed by atoms with E-state index in [9.17, 15) is 18.0 Å². The van der Waals surface area contributed by atoms with E-state index in [2.05, 4.69) is 10.3 Å². The van der Waals surface area contributed by atoms with Gasteiger partial charge in [0.1, 0.15) is 0 Å². The number of likely N-dealkylation sites (tertiary alicyclic amines) is 1. The highest BCUT2D eigenvalue weighted by atomic mass is 35.5. The Morgan fingerprint density at radius 1 is 1.48 bits per heavy atom. The van der Waals surface area contributed by atoms with Crippen molar-refractivity contribution in [3.8, 4) is 0 Å². The highest BCUT2D eigenvalue weighted by molar-refractivity contribution is 5.90. The molecule has 0 bridgehead atoms. The molecule has 1 fully saturated rings. The number of nitrogens with one attached hydrogen (secondary N) is 2. The summed E-state index contributed by atoms with van der Waals surface area (Å²) in [5, 5.41) is 11.2. The second kappa shape index (κ2) is 11.1. The van der Waals surface area contributed by atoms with Gasteiger partial charge in [0.2, 0.25) is 0 Å². The zero-order valence-corrected chi connectivity index (χ0v) is 14.6. The van der Waals surface area contributed by atoms with Gasteiger partial charge in [-0.05, 0) is 24.1 Å². The molecule has 3 N–H and O–H groups in total. The van der Waals surface area contributed by atoms with E-state index < -0.39 is 18.1 Å². The molecule has 1 unspecified atom stereocenters. The van der Waals surface area contributed by atoms with Gasteiger partial charge in [-0.1, -0.05) is 0 Å². The van der Waals surface area contributed by atoms with Gasteiger partial charge in [0.05, 0.1) is 6.54 Å². The lowest BCUT2D eigenvalue weighted by atomic mass is 10.2. The Kier molecular flexibility index (Phi) is 10.4. The zero-order valence-electron chi connectivity index (χ0n) is 13.0. The molecule has 1 amide bonds. The molecule has 142 valence electrons. The first-order chi connectivity index (χ1) is 11.0. The van der Waals surface area contributed by atoms with Crippen LogP contribution in [0.15, 0.2) is 18.3 Å². The molecule has 0 aliphatic carbocycles. The number of amides is 1. The molecule has 0 spiro atoms. The molecule has 2 heterocycles. The van der Waals surface area contributed by atoms with E-state index in [1.54, 1.807) is 4.90 Å². The molecule has 6 nitrogen and oxygen atoms in total. The Bertz CT molecular complexity index is 593. The first-order valence-corrected chi connectivity index (χ1v) is 7.02. The molecule has 1 aliphatic heterocycles. The fourth-order valence-corrected chi connectivity index (χ4v) is 2.36. The minimum atomic E-state index is -2.38. The highest BCUT2D eigenvalue weighted by Crippen LogP contribution is 2.18. The summed E-state index contributed by atoms with van der Waals surface area (Å²) in [4.78, 5) is 16.4. The van der Waals surface area contributed by atoms with Crippen LogP contribution in [0, 0.1) is 5.82 Å². The Morgan fingerprint density at radius 2 is 2.20 bits per heavy atom. The van der Waals surface area contributed by atoms with Crippen LogP contribution in [0.1, 0.15) is 12.0 Å². The standard InChI is InChI=1S/C14H17F3N4O2.2ClH/c15-11-5-9(1-2-13(22)20-23)6-18-14(11)19-10-3-4-21(7-10)8-12(16)17;;/h1-2,5-6,10,12,23H,3-4,7-8H2,(H,18,19)(H,20,22);2*1H/b2-1+;;. The molecule has 25 heavy (non-hydrogen) atoms. The van der Waals surface area contributed by atoms with Crippen molar-refractivity contribution in [3.05, 3.63) is 29.7 Å². The predicted molar refractivity (Wildman–Crippen MR) is 92.1 cm³/mol. The molecule has 0 aromatic carbocycles. The minimum absolute atomic E-state index is 0. The van der Waals surface area contributed by atoms with E-state index in [-0.39, 0.29) is 43.2 Å². The number of alkyl halides is 2. The Balaban J connectivity index is 0.00000288. The van der Waals surface area contributed by atoms with Gasteiger partial charge in [0, 0.05) is 31.4 Å². The molecule has 11 heteroatoms. The largest absolute Gasteiger partial charge is 0.364 e. The summed E-state index contributed by atoms with van der Waals surface area (Å²) in [7, 11) is 0. The molecule has 1 saturated heterocycles. The lowest BCUT2D eigenvalue weighted by molar-refractivity contribution is -0.124. The maximum absolute atomic E-state index is 14.0. The third-order valence-electron chi connectivity index (χ3n) is 3.41. The smallest absolute Gasteiger partial charge is 0.267 e. The van der Waals surface area contributed by atoms with E-state index >= 15 is 0 Å². The summed E-state index contributed by atoms with van der Waals surface area (Å²) in [5.74, 6) is -1.31. The van der Waals surface area contributed by atoms with Crippen molar-refractivity contribution >= 4 is 42.6 Å². The van der Waals surface area contributed by atoms with Gasteiger partial charge in [0.25, 0.3) is 12.3 Å². The molecule has 1 aromatic heterocycles. The zero-order chi connectivity index (χ0) is 16.8. The van der Waals surface area contributed by atoms with Gasteiger partial charge < -0.3 is 5.32 Å². The van der Waals surface area contributed by atoms with Crippen molar-refractivity contribution in [2.24, 2.45) is 0 Å². The average molecular weight is 403 g/mol. The van der Waals surface area contributed by atoms with Crippen molar-refractivity contribution in [1.82, 2.24) is 15.4 Å². The maximum Gasteiger partial charge on any atom is 0.267 e. The SMILES string of the molecule is Cl.Cl.O=C(/C=C/c1cnc(NC2CCN(CC(F)F)C2)c(F)c1)NO. The summed E-state index contributed by atoms with van der Waals surface area (Å²) in [6, 6.07) is 1.04. The second-order valence-corrected chi connectivity index (χ2v) is 5.19. The summed E-state index contributed by atoms with van der Waals surface area (Å²) < 4.78 is 38.6. The van der Waals surface area contributed by atoms with Gasteiger partial charge in [-0.15, -0.1) is 24.8 Å². The number of aromatic nitrogens is 1. The minimum Gasteiger partial charge on any atom is -0.364 e. The predicted octanol–water partition coefficient (Wildman–Crippen LogP) is 2.33. The van der Waals surface area contributed by atoms with E-state index in [4.69, 9.17) is 5.21 Å². The third kappa shape index (κ3) is 7.47. The lowest BCUT2D eigenvalue weighted by Gasteiger charge is -2.16. The van der Waals surface area contributed by atoms with Crippen LogP contribution in [0.2, 0.25) is 0 Å². The van der Waals surface area contributed by atoms with Crippen molar-refractivity contribution in [2.75, 3.05) is 25.0 Å². The quantitative estimate of drug-likeness (QED) is 0.386. The number of carbonyl (C=O) groups is 1. The number of rotatable bonds is 6. The van der Waals surface area contributed by atoms with Crippen molar-refractivity contribution in [1.29, 1.82) is 0 Å². The number of hydroxylamine groups is 1. The molecular formula is C14H19Cl2F3N4O2. The number of nitrogens with zero attached hydrogens (tertiary/aromatic N) is 2. The van der Waals surface area contributed by atoms with Crippen LogP contribution in [0.25, 0.3) is 6.08 Å². The molecule has 0 radical (unpaired) electrons. The summed E-state index contributed by atoms with van der Waals surface area (Å²) in [6.45, 7) is 0.648. The van der Waals surface area contributed by atoms with E-state index in [1.165, 1.54) is 23.8 Å². The van der Waals surface area contributed by atoms with Crippen molar-refractivity contribution in [3.63, 3.8) is 0 Å². The summed E-state index contributed by atoms with van der Waals surface area (Å²) in [6.07, 6.45) is 1.93. The molecular weight excluding hydrogens is 384 g/mol. The first kappa shape index (κ1) is 23.4. The number of anilines is 1. The van der Waals surface area contributed by atoms with Crippen LogP contribution in [-0.4, -0.2) is 53.1 Å². The molecule has 1 aliphatic rings. The van der Waals surface area contributed by atoms with E-state index in [0.29, 0.717) is 25.1 Å². The third-order valence-corrected chi connectivity index (χ3v) is 3.41. The fraction of sp³-hybridized carbons (Fsp3) is 0.429. The van der Waals surface area contributed by atoms with Crippen molar-refractivity contribution < 1.29 is 23.2 Å². The Morgan fingerprint density at radius 3 is 2.80 bits per heavy atom. The number of pyridine rings is 1. The molecule has 0 saturated carbocycles. The number of hydrogen-bond acceptors (Lipinski definition) is 5. The highest BCUT2D eigenvalue weighted by Gasteiger charge is 2.25. The van der Waals surface area contributed by atoms with Crippen LogP contribution in [-0.2, 0) is 4.79 Å². The maximum atomic E-state index is 14.0. The Labute approximate surface area is 155 Å². The van der Waals surface area contributed by atoms with E-state index in [0.717, 1.165) is 6.08 Å². The fourth-order valence-electron chi connectivity index (χ4n) is 2.36. The number of hydrogen-bond donors (Lipinski definition) is 3. The van der Waals surface area contributed by atoms with Crippen LogP contribution in [0.4, 0.5) is 19.0 Å². The van der Waals surface area contributed by atoms with Crippen LogP contribution >= 0.6 is 24.8 Å². The molecule has 1 aromatic rings. The van der Waals surface area contributed by atoms with Gasteiger partial charge in [-0.25, -0.2) is 23.6 Å². The molecule has 2 rings (SSSR count). The van der Waals surface area contributed by atoms with Gasteiger partial charge >= 0.3 is 0 Å². The second-order valence-electron chi connectivity index (χ2n) is 5.19. The normalized spacial score (nSPS) is 17.2. The monoisotopic (exact) mass is 402 g/mol. The van der Waals surface area contributed by atoms with Crippen LogP contribution < -0.4 is 10.8 Å². The van der Waals surface area contributed by atoms with E-state index in [1.807, 2.05) is 0 Å². The average Bonchev–Trinajstić information content (AvgIpc) is 2.93. The van der Waals surface area contributed by atoms with Gasteiger partial charge in [0.15, 0.2) is 11.6 Å². The number of halogens is 5. The lowest BCUT2D eigenvalue weighted by Crippen LogP contribution is -2.30. The summed E-state index contributed by atoms with van der Waals surface area (Å²) in [5.41, 5.74) is 1.77. The van der Waals surface area contributed by atoms with Crippen LogP contribution in [0.3, 0.4) is 0 Å². The molecule has 1 atom stereocenters. The van der Waals surface area contributed by atoms with Gasteiger partial charge in [-0.2, -0.15) is 0 Å². The van der Waals surface area contributed by atoms with Crippen LogP contribution in [0.5, 0.6) is 0 Å². The topological polar surface area (TPSA) is 77.5 Å². The van der Waals surface area contributed by atoms with Gasteiger partial charge in [-0.3, -0.25) is 14.9 Å².